The van der Waals surface area contributed by atoms with Gasteiger partial charge in [0.2, 0.25) is 0 Å². The molecule has 1 unspecified atom stereocenters. The second-order valence-corrected chi connectivity index (χ2v) is 8.23. The molecule has 0 aliphatic heterocycles. The highest BCUT2D eigenvalue weighted by Gasteiger charge is 2.24. The summed E-state index contributed by atoms with van der Waals surface area (Å²) in [4.78, 5) is 32.0. The first-order valence-electron chi connectivity index (χ1n) is 9.23. The topological polar surface area (TPSA) is 94.2 Å². The van der Waals surface area contributed by atoms with Gasteiger partial charge in [-0.25, -0.2) is 10.4 Å². The van der Waals surface area contributed by atoms with E-state index in [1.807, 2.05) is 27.1 Å². The Kier molecular flexibility index (Phi) is 4.62. The van der Waals surface area contributed by atoms with Crippen molar-refractivity contribution in [3.8, 4) is 0 Å². The van der Waals surface area contributed by atoms with E-state index in [4.69, 9.17) is 0 Å². The number of nitrogens with zero attached hydrogens (tertiary/aromatic N) is 5. The molecule has 0 saturated carbocycles. The molecule has 1 N–H and O–H groups in total. The molecule has 0 radical (unpaired) electrons. The van der Waals surface area contributed by atoms with Crippen LogP contribution in [0.2, 0.25) is 0 Å². The summed E-state index contributed by atoms with van der Waals surface area (Å²) in [5.74, 6) is -0.365. The van der Waals surface area contributed by atoms with Crippen LogP contribution in [0, 0.1) is 6.92 Å². The Labute approximate surface area is 165 Å². The number of hydrogen-bond acceptors (Lipinski definition) is 6. The van der Waals surface area contributed by atoms with E-state index < -0.39 is 6.04 Å². The lowest BCUT2D eigenvalue weighted by Gasteiger charge is -2.13. The third kappa shape index (κ3) is 3.05. The fourth-order valence-electron chi connectivity index (χ4n) is 3.65. The Hall–Kier alpha value is -2.81. The zero-order valence-electron chi connectivity index (χ0n) is 16.3. The van der Waals surface area contributed by atoms with Crippen LogP contribution in [-0.2, 0) is 24.7 Å². The van der Waals surface area contributed by atoms with Crippen LogP contribution in [0.5, 0.6) is 0 Å². The molecule has 9 heteroatoms. The van der Waals surface area contributed by atoms with Gasteiger partial charge in [0.15, 0.2) is 0 Å². The van der Waals surface area contributed by atoms with Crippen LogP contribution in [0.15, 0.2) is 22.4 Å². The minimum absolute atomic E-state index is 0.157. The van der Waals surface area contributed by atoms with Crippen LogP contribution < -0.4 is 11.0 Å². The van der Waals surface area contributed by atoms with E-state index >= 15 is 0 Å². The van der Waals surface area contributed by atoms with Crippen molar-refractivity contribution in [3.05, 3.63) is 44.6 Å². The lowest BCUT2D eigenvalue weighted by atomic mass is 10.2. The van der Waals surface area contributed by atoms with E-state index in [-0.39, 0.29) is 11.5 Å². The van der Waals surface area contributed by atoms with Gasteiger partial charge in [0, 0.05) is 23.7 Å². The van der Waals surface area contributed by atoms with Crippen LogP contribution >= 0.6 is 11.3 Å². The Morgan fingerprint density at radius 1 is 1.39 bits per heavy atom. The number of fused-ring (bicyclic) bond motifs is 3. The minimum atomic E-state index is -0.715. The average molecular weight is 398 g/mol. The molecule has 0 fully saturated rings. The second kappa shape index (κ2) is 6.97. The summed E-state index contributed by atoms with van der Waals surface area (Å²) in [5.41, 5.74) is 5.88. The zero-order chi connectivity index (χ0) is 20.0. The third-order valence-electron chi connectivity index (χ3n) is 5.18. The van der Waals surface area contributed by atoms with Crippen molar-refractivity contribution >= 4 is 33.2 Å². The molecule has 0 bridgehead atoms. The van der Waals surface area contributed by atoms with Crippen LogP contribution in [0.4, 0.5) is 0 Å². The number of thiophene rings is 1. The maximum absolute atomic E-state index is 13.0. The highest BCUT2D eigenvalue weighted by Crippen LogP contribution is 2.34. The highest BCUT2D eigenvalue weighted by atomic mass is 32.1. The quantitative estimate of drug-likeness (QED) is 0.538. The summed E-state index contributed by atoms with van der Waals surface area (Å²) in [6.45, 7) is 5.37. The predicted molar refractivity (Wildman–Crippen MR) is 109 cm³/mol. The average Bonchev–Trinajstić information content (AvgIpc) is 3.33. The van der Waals surface area contributed by atoms with Crippen molar-refractivity contribution in [1.29, 1.82) is 0 Å². The summed E-state index contributed by atoms with van der Waals surface area (Å²) < 4.78 is 3.09. The highest BCUT2D eigenvalue weighted by molar-refractivity contribution is 7.18. The number of carbonyl (C=O) groups is 1. The van der Waals surface area contributed by atoms with Gasteiger partial charge in [-0.15, -0.1) is 11.3 Å². The summed E-state index contributed by atoms with van der Waals surface area (Å²) in [6.07, 6.45) is 6.30. The van der Waals surface area contributed by atoms with Crippen LogP contribution in [0.25, 0.3) is 10.2 Å². The lowest BCUT2D eigenvalue weighted by Crippen LogP contribution is -2.34. The minimum Gasteiger partial charge on any atom is -0.286 e. The summed E-state index contributed by atoms with van der Waals surface area (Å²) in [6, 6.07) is -0.715. The second-order valence-electron chi connectivity index (χ2n) is 7.15. The monoisotopic (exact) mass is 398 g/mol. The van der Waals surface area contributed by atoms with Gasteiger partial charge in [0.1, 0.15) is 10.9 Å². The zero-order valence-corrected chi connectivity index (χ0v) is 17.1. The number of aryl methyl sites for hydroxylation is 4. The number of amides is 1. The lowest BCUT2D eigenvalue weighted by molar-refractivity contribution is -0.123. The van der Waals surface area contributed by atoms with Crippen molar-refractivity contribution < 1.29 is 4.79 Å². The molecular formula is C19H22N6O2S. The Bertz CT molecular complexity index is 1170. The SMILES string of the molecule is C/C(=N\NC(=O)C(C)n1cnc2sc3c(c2c1=O)CCC3)c1cn(C)nc1C. The van der Waals surface area contributed by atoms with Gasteiger partial charge in [-0.3, -0.25) is 18.8 Å². The number of carbonyl (C=O) groups excluding carboxylic acids is 1. The van der Waals surface area contributed by atoms with Gasteiger partial charge in [-0.05, 0) is 45.6 Å². The normalized spacial score (nSPS) is 15.1. The van der Waals surface area contributed by atoms with Crippen LogP contribution in [0.1, 0.15) is 48.0 Å². The van der Waals surface area contributed by atoms with Crippen molar-refractivity contribution in [3.63, 3.8) is 0 Å². The Morgan fingerprint density at radius 2 is 2.18 bits per heavy atom. The first kappa shape index (κ1) is 18.5. The molecule has 0 saturated heterocycles. The molecule has 28 heavy (non-hydrogen) atoms. The Balaban J connectivity index is 1.59. The van der Waals surface area contributed by atoms with Gasteiger partial charge >= 0.3 is 0 Å². The molecule has 146 valence electrons. The molecule has 0 spiro atoms. The first-order chi connectivity index (χ1) is 13.4. The standard InChI is InChI=1S/C19H22N6O2S/c1-10(14-8-24(4)23-11(14)2)21-22-17(26)12(3)25-9-20-18-16(19(25)27)13-6-5-7-15(13)28-18/h8-9,12H,5-7H2,1-4H3,(H,22,26)/b21-10+. The molecule has 1 aliphatic carbocycles. The van der Waals surface area contributed by atoms with Crippen molar-refractivity contribution in [2.24, 2.45) is 12.1 Å². The largest absolute Gasteiger partial charge is 0.286 e. The van der Waals surface area contributed by atoms with E-state index in [1.54, 1.807) is 22.9 Å². The first-order valence-corrected chi connectivity index (χ1v) is 10.0. The van der Waals surface area contributed by atoms with Crippen LogP contribution in [-0.4, -0.2) is 31.0 Å². The Morgan fingerprint density at radius 3 is 2.89 bits per heavy atom. The van der Waals surface area contributed by atoms with Crippen molar-refractivity contribution in [1.82, 2.24) is 24.8 Å². The van der Waals surface area contributed by atoms with Crippen molar-refractivity contribution in [2.45, 2.75) is 46.1 Å². The van der Waals surface area contributed by atoms with Gasteiger partial charge in [-0.2, -0.15) is 10.2 Å². The molecule has 3 aromatic rings. The number of rotatable bonds is 4. The number of aromatic nitrogens is 4. The summed E-state index contributed by atoms with van der Waals surface area (Å²) in [7, 11) is 1.83. The molecule has 1 atom stereocenters. The van der Waals surface area contributed by atoms with Crippen molar-refractivity contribution in [2.75, 3.05) is 0 Å². The van der Waals surface area contributed by atoms with E-state index in [1.165, 1.54) is 15.8 Å². The maximum Gasteiger partial charge on any atom is 0.263 e. The number of hydrazone groups is 1. The van der Waals surface area contributed by atoms with E-state index in [0.29, 0.717) is 11.1 Å². The van der Waals surface area contributed by atoms with Gasteiger partial charge < -0.3 is 0 Å². The molecule has 1 amide bonds. The third-order valence-corrected chi connectivity index (χ3v) is 6.38. The smallest absolute Gasteiger partial charge is 0.263 e. The molecule has 8 nitrogen and oxygen atoms in total. The molecule has 3 aromatic heterocycles. The van der Waals surface area contributed by atoms with Gasteiger partial charge in [0.05, 0.1) is 23.1 Å². The van der Waals surface area contributed by atoms with Gasteiger partial charge in [0.25, 0.3) is 11.5 Å². The molecule has 4 rings (SSSR count). The molecule has 1 aliphatic rings. The molecular weight excluding hydrogens is 376 g/mol. The van der Waals surface area contributed by atoms with E-state index in [2.05, 4.69) is 20.6 Å². The number of nitrogens with one attached hydrogen (secondary N) is 1. The van der Waals surface area contributed by atoms with Gasteiger partial charge in [-0.1, -0.05) is 0 Å². The summed E-state index contributed by atoms with van der Waals surface area (Å²) in [5, 5.41) is 9.13. The summed E-state index contributed by atoms with van der Waals surface area (Å²) >= 11 is 1.59. The van der Waals surface area contributed by atoms with Crippen LogP contribution in [0.3, 0.4) is 0 Å². The number of hydrogen-bond donors (Lipinski definition) is 1. The fourth-order valence-corrected chi connectivity index (χ4v) is 4.87. The molecule has 3 heterocycles. The van der Waals surface area contributed by atoms with E-state index in [0.717, 1.165) is 40.9 Å². The fraction of sp³-hybridized carbons (Fsp3) is 0.421. The molecule has 0 aromatic carbocycles. The predicted octanol–water partition coefficient (Wildman–Crippen LogP) is 2.09. The van der Waals surface area contributed by atoms with E-state index in [9.17, 15) is 9.59 Å². The maximum atomic E-state index is 13.0.